The van der Waals surface area contributed by atoms with E-state index in [0.717, 1.165) is 66.1 Å². The Labute approximate surface area is 197 Å². The van der Waals surface area contributed by atoms with Gasteiger partial charge in [0.15, 0.2) is 0 Å². The van der Waals surface area contributed by atoms with Gasteiger partial charge in [0.05, 0.1) is 16.9 Å². The lowest BCUT2D eigenvalue weighted by molar-refractivity contribution is -0.139. The zero-order valence-corrected chi connectivity index (χ0v) is 19.0. The first-order chi connectivity index (χ1) is 16.6. The lowest BCUT2D eigenvalue weighted by atomic mass is 9.90. The maximum absolute atomic E-state index is 11.9. The van der Waals surface area contributed by atoms with Gasteiger partial charge in [-0.1, -0.05) is 6.07 Å². The number of ether oxygens (including phenoxy) is 1. The van der Waals surface area contributed by atoms with Crippen molar-refractivity contribution in [2.75, 3.05) is 13.1 Å². The second-order valence-corrected chi connectivity index (χ2v) is 9.10. The number of piperidine rings is 2. The molecule has 0 spiro atoms. The van der Waals surface area contributed by atoms with E-state index in [1.807, 2.05) is 41.3 Å². The predicted molar refractivity (Wildman–Crippen MR) is 128 cm³/mol. The Hall–Kier alpha value is -3.78. The fraction of sp³-hybridized carbons (Fsp3) is 0.308. The number of piperazine rings is 1. The Morgan fingerprint density at radius 3 is 2.74 bits per heavy atom. The Morgan fingerprint density at radius 2 is 2.00 bits per heavy atom. The number of fused-ring (bicyclic) bond motifs is 4. The van der Waals surface area contributed by atoms with E-state index in [2.05, 4.69) is 32.2 Å². The molecule has 0 radical (unpaired) electrons. The molecule has 3 aromatic heterocycles. The lowest BCUT2D eigenvalue weighted by Gasteiger charge is -2.51. The molecule has 2 unspecified atom stereocenters. The molecule has 2 bridgehead atoms. The lowest BCUT2D eigenvalue weighted by Crippen LogP contribution is -2.63. The van der Waals surface area contributed by atoms with Gasteiger partial charge in [-0.3, -0.25) is 19.8 Å². The molecule has 8 nitrogen and oxygen atoms in total. The summed E-state index contributed by atoms with van der Waals surface area (Å²) < 4.78 is 5.97. The largest absolute Gasteiger partial charge is 0.439 e. The molecule has 3 aliphatic rings. The van der Waals surface area contributed by atoms with Crippen molar-refractivity contribution in [1.82, 2.24) is 30.0 Å². The molecule has 3 fully saturated rings. The SMILES string of the molecule is CC(=O)N1CC2CCC1CN2Cc1ccc2cc(Oc3ccc(-c4ccn[nH]4)cn3)ccc2n1. The predicted octanol–water partition coefficient (Wildman–Crippen LogP) is 4.01. The Morgan fingerprint density at radius 1 is 1.09 bits per heavy atom. The minimum atomic E-state index is 0.195. The zero-order chi connectivity index (χ0) is 23.1. The molecule has 1 amide bonds. The molecule has 8 heteroatoms. The van der Waals surface area contributed by atoms with Gasteiger partial charge in [0.25, 0.3) is 0 Å². The second kappa shape index (κ2) is 8.53. The first-order valence-corrected chi connectivity index (χ1v) is 11.7. The number of nitrogens with one attached hydrogen (secondary N) is 1. The van der Waals surface area contributed by atoms with Gasteiger partial charge >= 0.3 is 0 Å². The van der Waals surface area contributed by atoms with Gasteiger partial charge in [0.2, 0.25) is 11.8 Å². The summed E-state index contributed by atoms with van der Waals surface area (Å²) in [6.07, 6.45) is 5.74. The van der Waals surface area contributed by atoms with Crippen molar-refractivity contribution in [3.05, 3.63) is 66.6 Å². The van der Waals surface area contributed by atoms with Gasteiger partial charge < -0.3 is 9.64 Å². The number of H-pyrrole nitrogens is 1. The molecule has 4 aromatic rings. The number of rotatable bonds is 5. The van der Waals surface area contributed by atoms with Crippen molar-refractivity contribution in [3.8, 4) is 22.9 Å². The number of nitrogens with zero attached hydrogens (tertiary/aromatic N) is 5. The first kappa shape index (κ1) is 20.8. The highest BCUT2D eigenvalue weighted by Crippen LogP contribution is 2.31. The Balaban J connectivity index is 1.14. The number of pyridine rings is 2. The fourth-order valence-corrected chi connectivity index (χ4v) is 5.14. The highest BCUT2D eigenvalue weighted by Gasteiger charge is 2.39. The molecule has 1 aromatic carbocycles. The summed E-state index contributed by atoms with van der Waals surface area (Å²) in [7, 11) is 0. The summed E-state index contributed by atoms with van der Waals surface area (Å²) in [5.41, 5.74) is 3.87. The van der Waals surface area contributed by atoms with Crippen LogP contribution in [0.5, 0.6) is 11.6 Å². The third kappa shape index (κ3) is 4.01. The zero-order valence-electron chi connectivity index (χ0n) is 19.0. The van der Waals surface area contributed by atoms with Crippen molar-refractivity contribution in [2.24, 2.45) is 0 Å². The van der Waals surface area contributed by atoms with Crippen molar-refractivity contribution in [2.45, 2.75) is 38.4 Å². The molecule has 172 valence electrons. The molecule has 0 saturated carbocycles. The number of aromatic amines is 1. The van der Waals surface area contributed by atoms with Crippen molar-refractivity contribution >= 4 is 16.8 Å². The maximum Gasteiger partial charge on any atom is 0.219 e. The highest BCUT2D eigenvalue weighted by atomic mass is 16.5. The number of carbonyl (C=O) groups is 1. The van der Waals surface area contributed by atoms with Gasteiger partial charge in [0, 0.05) is 68.1 Å². The number of benzene rings is 1. The minimum absolute atomic E-state index is 0.195. The van der Waals surface area contributed by atoms with Crippen LogP contribution in [0.15, 0.2) is 60.9 Å². The molecule has 34 heavy (non-hydrogen) atoms. The summed E-state index contributed by atoms with van der Waals surface area (Å²) in [6.45, 7) is 4.27. The van der Waals surface area contributed by atoms with Crippen LogP contribution in [0.25, 0.3) is 22.2 Å². The molecular formula is C26H26N6O2. The van der Waals surface area contributed by atoms with Gasteiger partial charge in [-0.15, -0.1) is 0 Å². The number of hydrogen-bond donors (Lipinski definition) is 1. The van der Waals surface area contributed by atoms with Crippen LogP contribution >= 0.6 is 0 Å². The first-order valence-electron chi connectivity index (χ1n) is 11.7. The third-order valence-electron chi connectivity index (χ3n) is 6.90. The van der Waals surface area contributed by atoms with E-state index in [1.54, 1.807) is 19.3 Å². The Kier molecular flexibility index (Phi) is 5.22. The van der Waals surface area contributed by atoms with Crippen LogP contribution in [-0.4, -0.2) is 61.0 Å². The Bertz CT molecular complexity index is 1320. The topological polar surface area (TPSA) is 87.2 Å². The van der Waals surface area contributed by atoms with E-state index in [9.17, 15) is 4.79 Å². The van der Waals surface area contributed by atoms with Crippen molar-refractivity contribution in [1.29, 1.82) is 0 Å². The normalized spacial score (nSPS) is 20.1. The number of amides is 1. The standard InChI is InChI=1S/C26H26N6O2/c1-17(33)32-16-21-5-6-22(32)15-31(21)14-20-4-2-18-12-23(7-8-24(18)29-20)34-26-9-3-19(13-27-26)25-10-11-28-30-25/h2-4,7-13,21-22H,5-6,14-16H2,1H3,(H,28,30). The van der Waals surface area contributed by atoms with Crippen molar-refractivity contribution < 1.29 is 9.53 Å². The molecule has 1 N–H and O–H groups in total. The van der Waals surface area contributed by atoms with Gasteiger partial charge in [0.1, 0.15) is 5.75 Å². The van der Waals surface area contributed by atoms with E-state index < -0.39 is 0 Å². The smallest absolute Gasteiger partial charge is 0.219 e. The molecule has 7 rings (SSSR count). The van der Waals surface area contributed by atoms with Gasteiger partial charge in [-0.2, -0.15) is 5.10 Å². The summed E-state index contributed by atoms with van der Waals surface area (Å²) in [4.78, 5) is 25.7. The summed E-state index contributed by atoms with van der Waals surface area (Å²) in [5, 5.41) is 7.93. The van der Waals surface area contributed by atoms with E-state index in [4.69, 9.17) is 9.72 Å². The van der Waals surface area contributed by atoms with Crippen LogP contribution in [0, 0.1) is 0 Å². The molecule has 0 aliphatic carbocycles. The fourth-order valence-electron chi connectivity index (χ4n) is 5.14. The minimum Gasteiger partial charge on any atom is -0.439 e. The van der Waals surface area contributed by atoms with E-state index >= 15 is 0 Å². The van der Waals surface area contributed by atoms with Gasteiger partial charge in [-0.05, 0) is 49.2 Å². The monoisotopic (exact) mass is 454 g/mol. The molecule has 3 aliphatic heterocycles. The molecule has 3 saturated heterocycles. The molecule has 2 atom stereocenters. The number of carbonyl (C=O) groups excluding carboxylic acids is 1. The van der Waals surface area contributed by atoms with Gasteiger partial charge in [-0.25, -0.2) is 4.98 Å². The number of hydrogen-bond acceptors (Lipinski definition) is 6. The number of aromatic nitrogens is 4. The van der Waals surface area contributed by atoms with Crippen LogP contribution in [0.4, 0.5) is 0 Å². The van der Waals surface area contributed by atoms with E-state index in [-0.39, 0.29) is 5.91 Å². The average Bonchev–Trinajstić information content (AvgIpc) is 3.40. The van der Waals surface area contributed by atoms with Crippen LogP contribution in [-0.2, 0) is 11.3 Å². The second-order valence-electron chi connectivity index (χ2n) is 9.10. The van der Waals surface area contributed by atoms with E-state index in [0.29, 0.717) is 18.0 Å². The quantitative estimate of drug-likeness (QED) is 0.490. The average molecular weight is 455 g/mol. The van der Waals surface area contributed by atoms with Crippen LogP contribution < -0.4 is 4.74 Å². The highest BCUT2D eigenvalue weighted by molar-refractivity contribution is 5.80. The summed E-state index contributed by atoms with van der Waals surface area (Å²) in [6, 6.07) is 16.6. The van der Waals surface area contributed by atoms with E-state index in [1.165, 1.54) is 0 Å². The third-order valence-corrected chi connectivity index (χ3v) is 6.90. The van der Waals surface area contributed by atoms with Crippen LogP contribution in [0.1, 0.15) is 25.5 Å². The van der Waals surface area contributed by atoms with Crippen LogP contribution in [0.3, 0.4) is 0 Å². The molecular weight excluding hydrogens is 428 g/mol. The summed E-state index contributed by atoms with van der Waals surface area (Å²) >= 11 is 0. The summed E-state index contributed by atoms with van der Waals surface area (Å²) in [5.74, 6) is 1.45. The maximum atomic E-state index is 11.9. The molecule has 6 heterocycles. The van der Waals surface area contributed by atoms with Crippen LogP contribution in [0.2, 0.25) is 0 Å². The van der Waals surface area contributed by atoms with Crippen molar-refractivity contribution in [3.63, 3.8) is 0 Å².